The number of fused-ring (bicyclic) bond motifs is 9. The molecule has 2 aromatic carbocycles. The first-order valence-corrected chi connectivity index (χ1v) is 9.78. The number of nitriles is 1. The highest BCUT2D eigenvalue weighted by Gasteiger charge is 2.54. The predicted octanol–water partition coefficient (Wildman–Crippen LogP) is 5.01. The monoisotopic (exact) mass is 376 g/mol. The second-order valence-electron chi connectivity index (χ2n) is 8.37. The van der Waals surface area contributed by atoms with Crippen LogP contribution in [0.2, 0.25) is 0 Å². The van der Waals surface area contributed by atoms with Gasteiger partial charge in [0, 0.05) is 5.69 Å². The Kier molecular flexibility index (Phi) is 3.18. The van der Waals surface area contributed by atoms with Crippen LogP contribution in [0.3, 0.4) is 0 Å². The Morgan fingerprint density at radius 3 is 2.82 bits per heavy atom. The van der Waals surface area contributed by atoms with E-state index in [1.807, 2.05) is 18.2 Å². The summed E-state index contributed by atoms with van der Waals surface area (Å²) in [5.74, 6) is 0.793. The molecular formula is C22H18F2N4. The highest BCUT2D eigenvalue weighted by molar-refractivity contribution is 5.89. The standard InChI is InChI=1S/C22H18F2N4/c23-14-4-3-12(8-13(14)9-25)21-18-11-2-1-10(7-11)17(18)19-15(26-21)5-6-16-20(19)22(24)28-27-16/h3-6,8,10-11,17-18,21,26H,1-2,7H2,(H,27,28)/t10?,11?,17-,18+,21-/m0/s1. The quantitative estimate of drug-likeness (QED) is 0.627. The Morgan fingerprint density at radius 2 is 1.96 bits per heavy atom. The molecule has 1 aliphatic heterocycles. The fourth-order valence-electron chi connectivity index (χ4n) is 6.20. The number of aromatic nitrogens is 2. The Balaban J connectivity index is 1.56. The van der Waals surface area contributed by atoms with Crippen molar-refractivity contribution < 1.29 is 8.78 Å². The molecule has 6 heteroatoms. The summed E-state index contributed by atoms with van der Waals surface area (Å²) in [6, 6.07) is 10.6. The first-order valence-electron chi connectivity index (χ1n) is 9.78. The van der Waals surface area contributed by atoms with Crippen LogP contribution in [0.5, 0.6) is 0 Å². The Labute approximate surface area is 160 Å². The summed E-state index contributed by atoms with van der Waals surface area (Å²) in [5, 5.41) is 20.1. The molecule has 0 saturated heterocycles. The molecule has 1 aromatic heterocycles. The number of aromatic amines is 1. The summed E-state index contributed by atoms with van der Waals surface area (Å²) in [7, 11) is 0. The maximum Gasteiger partial charge on any atom is 0.217 e. The van der Waals surface area contributed by atoms with Gasteiger partial charge in [-0.1, -0.05) is 6.07 Å². The topological polar surface area (TPSA) is 64.5 Å². The van der Waals surface area contributed by atoms with Gasteiger partial charge in [-0.15, -0.1) is 0 Å². The maximum atomic E-state index is 14.6. The van der Waals surface area contributed by atoms with E-state index in [1.54, 1.807) is 12.1 Å². The molecular weight excluding hydrogens is 358 g/mol. The summed E-state index contributed by atoms with van der Waals surface area (Å²) < 4.78 is 28.5. The summed E-state index contributed by atoms with van der Waals surface area (Å²) >= 11 is 0. The van der Waals surface area contributed by atoms with Crippen LogP contribution in [0.4, 0.5) is 14.5 Å². The molecule has 0 radical (unpaired) electrons. The number of rotatable bonds is 1. The van der Waals surface area contributed by atoms with Crippen molar-refractivity contribution in [2.24, 2.45) is 17.8 Å². The zero-order chi connectivity index (χ0) is 19.0. The van der Waals surface area contributed by atoms with Crippen molar-refractivity contribution in [2.45, 2.75) is 31.2 Å². The lowest BCUT2D eigenvalue weighted by atomic mass is 9.67. The van der Waals surface area contributed by atoms with Gasteiger partial charge in [0.05, 0.1) is 22.5 Å². The first kappa shape index (κ1) is 16.1. The second-order valence-corrected chi connectivity index (χ2v) is 8.37. The SMILES string of the molecule is N#Cc1cc([C@@H]2Nc3ccc4n[nH]c(F)c4c3[C@H]3C4CCC(C4)[C@@H]23)ccc1F. The number of hydrogen-bond donors (Lipinski definition) is 2. The van der Waals surface area contributed by atoms with E-state index in [2.05, 4.69) is 15.5 Å². The molecule has 140 valence electrons. The Morgan fingerprint density at radius 1 is 1.11 bits per heavy atom. The number of benzene rings is 2. The van der Waals surface area contributed by atoms with E-state index >= 15 is 0 Å². The third-order valence-corrected chi connectivity index (χ3v) is 7.20. The lowest BCUT2D eigenvalue weighted by Crippen LogP contribution is -2.35. The van der Waals surface area contributed by atoms with E-state index in [0.29, 0.717) is 28.7 Å². The van der Waals surface area contributed by atoms with E-state index in [0.717, 1.165) is 23.2 Å². The van der Waals surface area contributed by atoms with Gasteiger partial charge >= 0.3 is 0 Å². The number of nitrogens with zero attached hydrogens (tertiary/aromatic N) is 2. The van der Waals surface area contributed by atoms with Crippen LogP contribution in [-0.2, 0) is 0 Å². The molecule has 2 aliphatic carbocycles. The largest absolute Gasteiger partial charge is 0.378 e. The summed E-state index contributed by atoms with van der Waals surface area (Å²) in [5.41, 5.74) is 3.63. The summed E-state index contributed by atoms with van der Waals surface area (Å²) in [6.45, 7) is 0. The van der Waals surface area contributed by atoms with E-state index in [-0.39, 0.29) is 23.5 Å². The number of anilines is 1. The van der Waals surface area contributed by atoms with Gasteiger partial charge < -0.3 is 5.32 Å². The van der Waals surface area contributed by atoms with Gasteiger partial charge in [0.1, 0.15) is 11.9 Å². The average molecular weight is 376 g/mol. The van der Waals surface area contributed by atoms with E-state index < -0.39 is 5.82 Å². The molecule has 3 aliphatic rings. The Bertz CT molecular complexity index is 1160. The molecule has 2 N–H and O–H groups in total. The molecule has 2 unspecified atom stereocenters. The van der Waals surface area contributed by atoms with Gasteiger partial charge in [-0.2, -0.15) is 14.8 Å². The third-order valence-electron chi connectivity index (χ3n) is 7.20. The molecule has 3 aromatic rings. The molecule has 2 heterocycles. The van der Waals surface area contributed by atoms with Crippen molar-refractivity contribution in [3.8, 4) is 6.07 Å². The lowest BCUT2D eigenvalue weighted by Gasteiger charge is -2.43. The first-order chi connectivity index (χ1) is 13.7. The number of H-pyrrole nitrogens is 1. The molecule has 4 nitrogen and oxygen atoms in total. The van der Waals surface area contributed by atoms with Gasteiger partial charge in [0.2, 0.25) is 5.95 Å². The van der Waals surface area contributed by atoms with Crippen LogP contribution in [0.1, 0.15) is 47.9 Å². The maximum absolute atomic E-state index is 14.6. The summed E-state index contributed by atoms with van der Waals surface area (Å²) in [6.07, 6.45) is 3.49. The number of halogens is 2. The van der Waals surface area contributed by atoms with Crippen LogP contribution in [0.25, 0.3) is 10.9 Å². The normalized spacial score (nSPS) is 30.0. The van der Waals surface area contributed by atoms with Crippen LogP contribution in [0, 0.1) is 40.8 Å². The Hall–Kier alpha value is -2.94. The van der Waals surface area contributed by atoms with Crippen molar-refractivity contribution in [2.75, 3.05) is 5.32 Å². The smallest absolute Gasteiger partial charge is 0.217 e. The fraction of sp³-hybridized carbons (Fsp3) is 0.364. The molecule has 2 bridgehead atoms. The lowest BCUT2D eigenvalue weighted by molar-refractivity contribution is 0.248. The van der Waals surface area contributed by atoms with Gasteiger partial charge in [0.15, 0.2) is 0 Å². The van der Waals surface area contributed by atoms with Crippen LogP contribution < -0.4 is 5.32 Å². The minimum atomic E-state index is -0.492. The van der Waals surface area contributed by atoms with Gasteiger partial charge in [-0.25, -0.2) is 4.39 Å². The molecule has 5 atom stereocenters. The molecule has 28 heavy (non-hydrogen) atoms. The van der Waals surface area contributed by atoms with Gasteiger partial charge in [-0.3, -0.25) is 5.10 Å². The summed E-state index contributed by atoms with van der Waals surface area (Å²) in [4.78, 5) is 0. The van der Waals surface area contributed by atoms with Crippen molar-refractivity contribution in [3.63, 3.8) is 0 Å². The van der Waals surface area contributed by atoms with Crippen LogP contribution in [0.15, 0.2) is 30.3 Å². The average Bonchev–Trinajstić information content (AvgIpc) is 3.43. The molecule has 0 amide bonds. The molecule has 6 rings (SSSR count). The van der Waals surface area contributed by atoms with Crippen molar-refractivity contribution >= 4 is 16.6 Å². The number of hydrogen-bond acceptors (Lipinski definition) is 3. The predicted molar refractivity (Wildman–Crippen MR) is 101 cm³/mol. The second kappa shape index (κ2) is 5.54. The zero-order valence-corrected chi connectivity index (χ0v) is 15.0. The molecule has 2 saturated carbocycles. The number of nitrogens with one attached hydrogen (secondary N) is 2. The minimum Gasteiger partial charge on any atom is -0.378 e. The molecule has 2 fully saturated rings. The zero-order valence-electron chi connectivity index (χ0n) is 15.0. The van der Waals surface area contributed by atoms with Gasteiger partial charge in [-0.05, 0) is 78.3 Å². The highest BCUT2D eigenvalue weighted by Crippen LogP contribution is 2.64. The van der Waals surface area contributed by atoms with Crippen molar-refractivity contribution in [1.82, 2.24) is 10.2 Å². The van der Waals surface area contributed by atoms with E-state index in [4.69, 9.17) is 0 Å². The van der Waals surface area contributed by atoms with Crippen molar-refractivity contribution in [1.29, 1.82) is 5.26 Å². The molecule has 0 spiro atoms. The van der Waals surface area contributed by atoms with E-state index in [9.17, 15) is 14.0 Å². The third kappa shape index (κ3) is 1.99. The van der Waals surface area contributed by atoms with Crippen LogP contribution in [-0.4, -0.2) is 10.2 Å². The fourth-order valence-corrected chi connectivity index (χ4v) is 6.20. The van der Waals surface area contributed by atoms with Gasteiger partial charge in [0.25, 0.3) is 0 Å². The highest BCUT2D eigenvalue weighted by atomic mass is 19.1. The van der Waals surface area contributed by atoms with Crippen LogP contribution >= 0.6 is 0 Å². The van der Waals surface area contributed by atoms with Crippen molar-refractivity contribution in [3.05, 3.63) is 58.8 Å². The van der Waals surface area contributed by atoms with E-state index in [1.165, 1.54) is 18.9 Å². The minimum absolute atomic E-state index is 0.00656.